The number of aryl methyl sites for hydroxylation is 2. The molecule has 1 aliphatic rings. The highest BCUT2D eigenvalue weighted by atomic mass is 32.2. The first-order chi connectivity index (χ1) is 14.9. The number of methoxy groups -OCH3 is 1. The summed E-state index contributed by atoms with van der Waals surface area (Å²) >= 11 is 4.52. The Morgan fingerprint density at radius 3 is 2.87 bits per heavy atom. The van der Waals surface area contributed by atoms with Crippen LogP contribution in [0.5, 0.6) is 0 Å². The van der Waals surface area contributed by atoms with Gasteiger partial charge >= 0.3 is 5.97 Å². The average Bonchev–Trinajstić information content (AvgIpc) is 3.50. The van der Waals surface area contributed by atoms with Crippen LogP contribution in [0.15, 0.2) is 10.5 Å². The zero-order valence-corrected chi connectivity index (χ0v) is 20.4. The van der Waals surface area contributed by atoms with Gasteiger partial charge in [0.05, 0.1) is 18.4 Å². The summed E-state index contributed by atoms with van der Waals surface area (Å²) in [5.41, 5.74) is 3.93. The Bertz CT molecular complexity index is 1150. The zero-order chi connectivity index (χ0) is 22.1. The second-order valence-corrected chi connectivity index (χ2v) is 10.4. The molecule has 31 heavy (non-hydrogen) atoms. The summed E-state index contributed by atoms with van der Waals surface area (Å²) in [5, 5.41) is 14.9. The normalized spacial score (nSPS) is 12.8. The zero-order valence-electron chi connectivity index (χ0n) is 17.9. The number of nitrogens with zero attached hydrogens (tertiary/aromatic N) is 3. The molecule has 1 amide bonds. The molecule has 4 rings (SSSR count). The topological polar surface area (TPSA) is 86.1 Å². The van der Waals surface area contributed by atoms with Gasteiger partial charge in [-0.2, -0.15) is 0 Å². The van der Waals surface area contributed by atoms with E-state index in [0.29, 0.717) is 15.7 Å². The molecular formula is C21H24N4O3S3. The van der Waals surface area contributed by atoms with Crippen LogP contribution in [0, 0.1) is 6.92 Å². The Balaban J connectivity index is 1.46. The second-order valence-electron chi connectivity index (χ2n) is 7.29. The third-order valence-electron chi connectivity index (χ3n) is 5.43. The number of carbonyl (C=O) groups is 2. The molecule has 0 saturated heterocycles. The molecule has 0 aliphatic heterocycles. The molecule has 3 aromatic rings. The lowest BCUT2D eigenvalue weighted by molar-refractivity contribution is -0.113. The summed E-state index contributed by atoms with van der Waals surface area (Å²) in [7, 11) is 3.29. The van der Waals surface area contributed by atoms with Gasteiger partial charge in [-0.15, -0.1) is 32.9 Å². The van der Waals surface area contributed by atoms with E-state index in [9.17, 15) is 9.59 Å². The van der Waals surface area contributed by atoms with Crippen molar-refractivity contribution in [3.63, 3.8) is 0 Å². The van der Waals surface area contributed by atoms with Crippen LogP contribution >= 0.6 is 34.4 Å². The number of esters is 1. The molecule has 3 aromatic heterocycles. The number of amides is 1. The van der Waals surface area contributed by atoms with E-state index in [0.717, 1.165) is 42.6 Å². The molecule has 0 spiro atoms. The number of hydrogen-bond donors (Lipinski definition) is 1. The molecule has 0 fully saturated rings. The van der Waals surface area contributed by atoms with Crippen molar-refractivity contribution in [2.75, 3.05) is 18.2 Å². The van der Waals surface area contributed by atoms with E-state index in [-0.39, 0.29) is 11.7 Å². The Kier molecular flexibility index (Phi) is 6.49. The fourth-order valence-electron chi connectivity index (χ4n) is 3.88. The van der Waals surface area contributed by atoms with Crippen LogP contribution in [0.25, 0.3) is 11.4 Å². The summed E-state index contributed by atoms with van der Waals surface area (Å²) in [6, 6.07) is 0. The van der Waals surface area contributed by atoms with E-state index in [1.54, 1.807) is 11.3 Å². The number of hydrogen-bond acceptors (Lipinski definition) is 8. The average molecular weight is 477 g/mol. The molecule has 10 heteroatoms. The van der Waals surface area contributed by atoms with Crippen molar-refractivity contribution in [3.05, 3.63) is 31.8 Å². The predicted molar refractivity (Wildman–Crippen MR) is 125 cm³/mol. The molecule has 0 radical (unpaired) electrons. The highest BCUT2D eigenvalue weighted by Gasteiger charge is 2.28. The Hall–Kier alpha value is -2.17. The van der Waals surface area contributed by atoms with E-state index < -0.39 is 5.97 Å². The molecule has 1 aliphatic carbocycles. The second kappa shape index (κ2) is 9.13. The highest BCUT2D eigenvalue weighted by Crippen LogP contribution is 2.39. The Morgan fingerprint density at radius 2 is 2.13 bits per heavy atom. The van der Waals surface area contributed by atoms with Gasteiger partial charge in [0.15, 0.2) is 11.0 Å². The molecule has 0 aromatic carbocycles. The van der Waals surface area contributed by atoms with Crippen LogP contribution in [0.2, 0.25) is 0 Å². The van der Waals surface area contributed by atoms with E-state index in [1.165, 1.54) is 45.5 Å². The van der Waals surface area contributed by atoms with Crippen LogP contribution in [-0.2, 0) is 35.8 Å². The largest absolute Gasteiger partial charge is 0.465 e. The van der Waals surface area contributed by atoms with Crippen molar-refractivity contribution < 1.29 is 14.3 Å². The number of thiophene rings is 2. The molecule has 3 heterocycles. The van der Waals surface area contributed by atoms with Crippen molar-refractivity contribution in [2.45, 2.75) is 44.7 Å². The number of fused-ring (bicyclic) bond motifs is 1. The number of ether oxygens (including phenoxy) is 1. The molecule has 0 bridgehead atoms. The van der Waals surface area contributed by atoms with Crippen LogP contribution in [-0.4, -0.2) is 39.5 Å². The van der Waals surface area contributed by atoms with Gasteiger partial charge in [-0.3, -0.25) is 4.79 Å². The number of rotatable bonds is 7. The minimum Gasteiger partial charge on any atom is -0.465 e. The van der Waals surface area contributed by atoms with Gasteiger partial charge in [-0.25, -0.2) is 4.79 Å². The summed E-state index contributed by atoms with van der Waals surface area (Å²) < 4.78 is 6.87. The first-order valence-corrected chi connectivity index (χ1v) is 12.7. The minimum atomic E-state index is -0.391. The molecule has 0 saturated carbocycles. The Labute approximate surface area is 193 Å². The number of aromatic nitrogens is 3. The van der Waals surface area contributed by atoms with Gasteiger partial charge in [0.1, 0.15) is 5.00 Å². The number of thioether (sulfide) groups is 1. The lowest BCUT2D eigenvalue weighted by Gasteiger charge is -2.07. The van der Waals surface area contributed by atoms with Crippen molar-refractivity contribution in [1.82, 2.24) is 14.8 Å². The molecular weight excluding hydrogens is 452 g/mol. The SMILES string of the molecule is CCc1c(-c2nnc(SCC(=O)Nc3sc4c(c3C(=O)OC)CCC4)n2C)csc1C. The molecule has 7 nitrogen and oxygen atoms in total. The van der Waals surface area contributed by atoms with Crippen molar-refractivity contribution in [3.8, 4) is 11.4 Å². The van der Waals surface area contributed by atoms with Crippen LogP contribution in [0.4, 0.5) is 5.00 Å². The lowest BCUT2D eigenvalue weighted by atomic mass is 10.1. The van der Waals surface area contributed by atoms with E-state index in [1.807, 2.05) is 11.6 Å². The highest BCUT2D eigenvalue weighted by molar-refractivity contribution is 7.99. The number of anilines is 1. The van der Waals surface area contributed by atoms with E-state index >= 15 is 0 Å². The molecule has 0 atom stereocenters. The molecule has 164 valence electrons. The van der Waals surface area contributed by atoms with Crippen molar-refractivity contribution >= 4 is 51.3 Å². The van der Waals surface area contributed by atoms with Crippen LogP contribution in [0.3, 0.4) is 0 Å². The minimum absolute atomic E-state index is 0.179. The van der Waals surface area contributed by atoms with Gasteiger partial charge in [0, 0.05) is 27.7 Å². The van der Waals surface area contributed by atoms with Gasteiger partial charge in [0.2, 0.25) is 5.91 Å². The summed E-state index contributed by atoms with van der Waals surface area (Å²) in [6.45, 7) is 4.25. The smallest absolute Gasteiger partial charge is 0.341 e. The predicted octanol–water partition coefficient (Wildman–Crippen LogP) is 4.48. The lowest BCUT2D eigenvalue weighted by Crippen LogP contribution is -2.16. The van der Waals surface area contributed by atoms with Gasteiger partial charge < -0.3 is 14.6 Å². The fraction of sp³-hybridized carbons (Fsp3) is 0.429. The third kappa shape index (κ3) is 4.16. The third-order valence-corrected chi connectivity index (χ3v) is 8.61. The van der Waals surface area contributed by atoms with E-state index in [4.69, 9.17) is 4.74 Å². The number of nitrogens with one attached hydrogen (secondary N) is 1. The summed E-state index contributed by atoms with van der Waals surface area (Å²) in [5.74, 6) is 0.420. The van der Waals surface area contributed by atoms with Gasteiger partial charge in [0.25, 0.3) is 0 Å². The fourth-order valence-corrected chi connectivity index (χ4v) is 6.83. The van der Waals surface area contributed by atoms with E-state index in [2.05, 4.69) is 34.7 Å². The van der Waals surface area contributed by atoms with Crippen LogP contribution < -0.4 is 5.32 Å². The summed E-state index contributed by atoms with van der Waals surface area (Å²) in [4.78, 5) is 27.3. The van der Waals surface area contributed by atoms with Gasteiger partial charge in [-0.1, -0.05) is 18.7 Å². The quantitative estimate of drug-likeness (QED) is 0.400. The maximum atomic E-state index is 12.6. The molecule has 0 unspecified atom stereocenters. The number of carbonyl (C=O) groups excluding carboxylic acids is 2. The maximum Gasteiger partial charge on any atom is 0.341 e. The summed E-state index contributed by atoms with van der Waals surface area (Å²) in [6.07, 6.45) is 3.77. The van der Waals surface area contributed by atoms with Crippen molar-refractivity contribution in [1.29, 1.82) is 0 Å². The van der Waals surface area contributed by atoms with Crippen LogP contribution in [0.1, 0.15) is 44.6 Å². The van der Waals surface area contributed by atoms with Crippen molar-refractivity contribution in [2.24, 2.45) is 7.05 Å². The maximum absolute atomic E-state index is 12.6. The first kappa shape index (κ1) is 22.0. The standard InChI is InChI=1S/C21H24N4O3S3/c1-5-12-11(2)29-9-14(12)18-23-24-21(25(18)3)30-10-16(26)22-19-17(20(27)28-4)13-7-6-8-15(13)31-19/h9H,5-8,10H2,1-4H3,(H,22,26). The first-order valence-electron chi connectivity index (χ1n) is 10.1. The van der Waals surface area contributed by atoms with Gasteiger partial charge in [-0.05, 0) is 43.7 Å². The molecule has 1 N–H and O–H groups in total. The monoisotopic (exact) mass is 476 g/mol. The Morgan fingerprint density at radius 1 is 1.32 bits per heavy atom.